The van der Waals surface area contributed by atoms with E-state index in [1.54, 1.807) is 7.11 Å². The van der Waals surface area contributed by atoms with Crippen LogP contribution in [0.2, 0.25) is 0 Å². The van der Waals surface area contributed by atoms with Crippen molar-refractivity contribution < 1.29 is 9.47 Å². The average Bonchev–Trinajstić information content (AvgIpc) is 2.40. The highest BCUT2D eigenvalue weighted by Crippen LogP contribution is 2.24. The Bertz CT molecular complexity index is 515. The number of nitrogens with one attached hydrogen (secondary N) is 1. The predicted molar refractivity (Wildman–Crippen MR) is 71.5 cm³/mol. The summed E-state index contributed by atoms with van der Waals surface area (Å²) in [7, 11) is 1.63. The van der Waals surface area contributed by atoms with Crippen molar-refractivity contribution in [3.05, 3.63) is 42.5 Å². The quantitative estimate of drug-likeness (QED) is 0.876. The lowest BCUT2D eigenvalue weighted by Gasteiger charge is -2.08. The molecule has 94 valence electrons. The van der Waals surface area contributed by atoms with Gasteiger partial charge in [-0.25, -0.2) is 0 Å². The number of methoxy groups -OCH3 is 1. The molecule has 0 fully saturated rings. The molecule has 0 aliphatic rings. The van der Waals surface area contributed by atoms with E-state index in [0.29, 0.717) is 11.6 Å². The number of rotatable bonds is 5. The standard InChI is InChI=1S/C14H16N2O2/c1-3-15-13-8-5-9-14(16-13)18-12-7-4-6-11(10-12)17-2/h4-10H,3H2,1-2H3,(H,15,16). The van der Waals surface area contributed by atoms with Crippen molar-refractivity contribution in [3.8, 4) is 17.4 Å². The monoisotopic (exact) mass is 244 g/mol. The van der Waals surface area contributed by atoms with Crippen LogP contribution in [0.1, 0.15) is 6.92 Å². The number of aromatic nitrogens is 1. The maximum atomic E-state index is 5.68. The third kappa shape index (κ3) is 3.13. The van der Waals surface area contributed by atoms with Crippen LogP contribution >= 0.6 is 0 Å². The molecule has 0 amide bonds. The van der Waals surface area contributed by atoms with Gasteiger partial charge in [0.15, 0.2) is 0 Å². The first-order valence-electron chi connectivity index (χ1n) is 5.84. The molecule has 0 unspecified atom stereocenters. The molecule has 0 aliphatic carbocycles. The first kappa shape index (κ1) is 12.2. The Morgan fingerprint density at radius 3 is 2.67 bits per heavy atom. The fourth-order valence-corrected chi connectivity index (χ4v) is 1.54. The van der Waals surface area contributed by atoms with Gasteiger partial charge in [0, 0.05) is 18.7 Å². The Morgan fingerprint density at radius 1 is 1.11 bits per heavy atom. The number of anilines is 1. The number of benzene rings is 1. The second kappa shape index (κ2) is 5.91. The molecule has 1 aromatic carbocycles. The summed E-state index contributed by atoms with van der Waals surface area (Å²) in [5, 5.41) is 3.14. The molecule has 1 heterocycles. The fourth-order valence-electron chi connectivity index (χ4n) is 1.54. The van der Waals surface area contributed by atoms with Crippen molar-refractivity contribution in [2.24, 2.45) is 0 Å². The van der Waals surface area contributed by atoms with Gasteiger partial charge in [-0.1, -0.05) is 12.1 Å². The van der Waals surface area contributed by atoms with Gasteiger partial charge in [0.2, 0.25) is 5.88 Å². The maximum absolute atomic E-state index is 5.68. The van der Waals surface area contributed by atoms with E-state index >= 15 is 0 Å². The highest BCUT2D eigenvalue weighted by atomic mass is 16.5. The van der Waals surface area contributed by atoms with Gasteiger partial charge in [-0.2, -0.15) is 4.98 Å². The van der Waals surface area contributed by atoms with Crippen molar-refractivity contribution in [2.45, 2.75) is 6.92 Å². The van der Waals surface area contributed by atoms with Gasteiger partial charge >= 0.3 is 0 Å². The molecule has 4 heteroatoms. The van der Waals surface area contributed by atoms with Crippen molar-refractivity contribution >= 4 is 5.82 Å². The van der Waals surface area contributed by atoms with Crippen molar-refractivity contribution in [1.82, 2.24) is 4.98 Å². The summed E-state index contributed by atoms with van der Waals surface area (Å²) < 4.78 is 10.8. The van der Waals surface area contributed by atoms with Crippen LogP contribution in [-0.2, 0) is 0 Å². The molecule has 18 heavy (non-hydrogen) atoms. The lowest BCUT2D eigenvalue weighted by molar-refractivity contribution is 0.407. The maximum Gasteiger partial charge on any atom is 0.221 e. The second-order valence-corrected chi connectivity index (χ2v) is 3.67. The first-order chi connectivity index (χ1) is 8.81. The molecule has 0 saturated carbocycles. The fraction of sp³-hybridized carbons (Fsp3) is 0.214. The number of hydrogen-bond acceptors (Lipinski definition) is 4. The van der Waals surface area contributed by atoms with Gasteiger partial charge in [-0.3, -0.25) is 0 Å². The van der Waals surface area contributed by atoms with Gasteiger partial charge < -0.3 is 14.8 Å². The van der Waals surface area contributed by atoms with Crippen LogP contribution in [-0.4, -0.2) is 18.6 Å². The van der Waals surface area contributed by atoms with Gasteiger partial charge in [0.1, 0.15) is 17.3 Å². The van der Waals surface area contributed by atoms with Crippen LogP contribution in [0.5, 0.6) is 17.4 Å². The van der Waals surface area contributed by atoms with Crippen LogP contribution in [0.3, 0.4) is 0 Å². The van der Waals surface area contributed by atoms with Crippen LogP contribution in [0.4, 0.5) is 5.82 Å². The topological polar surface area (TPSA) is 43.4 Å². The van der Waals surface area contributed by atoms with Crippen molar-refractivity contribution in [2.75, 3.05) is 19.0 Å². The van der Waals surface area contributed by atoms with E-state index < -0.39 is 0 Å². The third-order valence-corrected chi connectivity index (χ3v) is 2.35. The minimum Gasteiger partial charge on any atom is -0.497 e. The molecule has 0 radical (unpaired) electrons. The minimum absolute atomic E-state index is 0.557. The van der Waals surface area contributed by atoms with E-state index in [4.69, 9.17) is 9.47 Å². The van der Waals surface area contributed by atoms with E-state index in [0.717, 1.165) is 18.1 Å². The predicted octanol–water partition coefficient (Wildman–Crippen LogP) is 3.31. The van der Waals surface area contributed by atoms with E-state index in [-0.39, 0.29) is 0 Å². The smallest absolute Gasteiger partial charge is 0.221 e. The Kier molecular flexibility index (Phi) is 4.02. The summed E-state index contributed by atoms with van der Waals surface area (Å²) in [6.45, 7) is 2.85. The average molecular weight is 244 g/mol. The van der Waals surface area contributed by atoms with Gasteiger partial charge in [-0.15, -0.1) is 0 Å². The Balaban J connectivity index is 2.14. The molecule has 1 aromatic heterocycles. The van der Waals surface area contributed by atoms with Crippen molar-refractivity contribution in [3.63, 3.8) is 0 Å². The first-order valence-corrected chi connectivity index (χ1v) is 5.84. The highest BCUT2D eigenvalue weighted by molar-refractivity contribution is 5.39. The summed E-state index contributed by atoms with van der Waals surface area (Å²) in [5.74, 6) is 2.82. The number of ether oxygens (including phenoxy) is 2. The van der Waals surface area contributed by atoms with Gasteiger partial charge in [0.05, 0.1) is 7.11 Å². The molecule has 0 spiro atoms. The van der Waals surface area contributed by atoms with Gasteiger partial charge in [-0.05, 0) is 25.1 Å². The number of hydrogen-bond donors (Lipinski definition) is 1. The lowest BCUT2D eigenvalue weighted by Crippen LogP contribution is -1.99. The molecule has 2 rings (SSSR count). The molecule has 0 saturated heterocycles. The minimum atomic E-state index is 0.557. The summed E-state index contributed by atoms with van der Waals surface area (Å²) >= 11 is 0. The summed E-state index contributed by atoms with van der Waals surface area (Å²) in [4.78, 5) is 4.34. The molecule has 0 bridgehead atoms. The van der Waals surface area contributed by atoms with Crippen LogP contribution in [0.15, 0.2) is 42.5 Å². The lowest BCUT2D eigenvalue weighted by atomic mass is 10.3. The summed E-state index contributed by atoms with van der Waals surface area (Å²) in [6, 6.07) is 13.1. The van der Waals surface area contributed by atoms with Crippen LogP contribution in [0.25, 0.3) is 0 Å². The van der Waals surface area contributed by atoms with Crippen LogP contribution in [0, 0.1) is 0 Å². The zero-order chi connectivity index (χ0) is 12.8. The zero-order valence-corrected chi connectivity index (χ0v) is 10.5. The van der Waals surface area contributed by atoms with Crippen molar-refractivity contribution in [1.29, 1.82) is 0 Å². The molecule has 4 nitrogen and oxygen atoms in total. The van der Waals surface area contributed by atoms with Crippen LogP contribution < -0.4 is 14.8 Å². The molecule has 1 N–H and O–H groups in total. The molecule has 0 aliphatic heterocycles. The zero-order valence-electron chi connectivity index (χ0n) is 10.5. The summed E-state index contributed by atoms with van der Waals surface area (Å²) in [5.41, 5.74) is 0. The Labute approximate surface area is 107 Å². The molecular formula is C14H16N2O2. The normalized spacial score (nSPS) is 9.89. The molecular weight excluding hydrogens is 228 g/mol. The summed E-state index contributed by atoms with van der Waals surface area (Å²) in [6.07, 6.45) is 0. The Hall–Kier alpha value is -2.23. The van der Waals surface area contributed by atoms with Gasteiger partial charge in [0.25, 0.3) is 0 Å². The second-order valence-electron chi connectivity index (χ2n) is 3.67. The SMILES string of the molecule is CCNc1cccc(Oc2cccc(OC)c2)n1. The number of pyridine rings is 1. The Morgan fingerprint density at radius 2 is 1.89 bits per heavy atom. The largest absolute Gasteiger partial charge is 0.497 e. The van der Waals surface area contributed by atoms with E-state index in [2.05, 4.69) is 10.3 Å². The van der Waals surface area contributed by atoms with E-state index in [9.17, 15) is 0 Å². The molecule has 0 atom stereocenters. The third-order valence-electron chi connectivity index (χ3n) is 2.35. The van der Waals surface area contributed by atoms with E-state index in [1.165, 1.54) is 0 Å². The number of nitrogens with zero attached hydrogens (tertiary/aromatic N) is 1. The highest BCUT2D eigenvalue weighted by Gasteiger charge is 2.01. The molecule has 2 aromatic rings. The van der Waals surface area contributed by atoms with E-state index in [1.807, 2.05) is 49.4 Å².